The molecule has 1 aromatic carbocycles. The average Bonchev–Trinajstić information content (AvgIpc) is 3.20. The summed E-state index contributed by atoms with van der Waals surface area (Å²) in [4.78, 5) is 26.9. The fraction of sp³-hybridized carbons (Fsp3) is 0.600. The summed E-state index contributed by atoms with van der Waals surface area (Å²) in [5.41, 5.74) is 0.972. The molecule has 0 radical (unpaired) electrons. The molecule has 1 heterocycles. The normalized spacial score (nSPS) is 14.5. The number of nitrogens with zero attached hydrogens (tertiary/aromatic N) is 2. The fourth-order valence-electron chi connectivity index (χ4n) is 3.43. The molecule has 2 amide bonds. The van der Waals surface area contributed by atoms with E-state index in [1.54, 1.807) is 26.0 Å². The van der Waals surface area contributed by atoms with Gasteiger partial charge in [0.15, 0.2) is 0 Å². The largest absolute Gasteiger partial charge is 0.371 e. The predicted octanol–water partition coefficient (Wildman–Crippen LogP) is 1.57. The van der Waals surface area contributed by atoms with Crippen molar-refractivity contribution >= 4 is 27.5 Å². The monoisotopic (exact) mass is 424 g/mol. The van der Waals surface area contributed by atoms with E-state index in [0.717, 1.165) is 25.9 Å². The summed E-state index contributed by atoms with van der Waals surface area (Å²) in [7, 11) is -3.69. The Labute approximate surface area is 173 Å². The molecule has 1 aliphatic rings. The van der Waals surface area contributed by atoms with Crippen LogP contribution in [0.3, 0.4) is 0 Å². The van der Waals surface area contributed by atoms with Gasteiger partial charge in [0.1, 0.15) is 0 Å². The van der Waals surface area contributed by atoms with Crippen LogP contribution in [0.15, 0.2) is 23.1 Å². The van der Waals surface area contributed by atoms with Crippen LogP contribution in [0.4, 0.5) is 5.69 Å². The van der Waals surface area contributed by atoms with E-state index < -0.39 is 15.9 Å². The Balaban J connectivity index is 2.35. The second kappa shape index (κ2) is 10.1. The van der Waals surface area contributed by atoms with Crippen molar-refractivity contribution in [2.75, 3.05) is 37.6 Å². The molecule has 0 bridgehead atoms. The van der Waals surface area contributed by atoms with Crippen LogP contribution in [0.25, 0.3) is 0 Å². The number of hydrogen-bond donors (Lipinski definition) is 2. The minimum absolute atomic E-state index is 0.0258. The van der Waals surface area contributed by atoms with Crippen molar-refractivity contribution in [3.8, 4) is 0 Å². The number of rotatable bonds is 9. The topological polar surface area (TPSA) is 98.8 Å². The molecule has 0 unspecified atom stereocenters. The molecule has 0 aromatic heterocycles. The number of hydrogen-bond acceptors (Lipinski definition) is 5. The second-order valence-electron chi connectivity index (χ2n) is 7.37. The van der Waals surface area contributed by atoms with E-state index in [9.17, 15) is 18.0 Å². The van der Waals surface area contributed by atoms with Gasteiger partial charge in [-0.3, -0.25) is 9.59 Å². The molecule has 1 aliphatic heterocycles. The fourth-order valence-corrected chi connectivity index (χ4v) is 4.92. The van der Waals surface area contributed by atoms with Gasteiger partial charge in [0.05, 0.1) is 17.0 Å². The number of anilines is 1. The van der Waals surface area contributed by atoms with Gasteiger partial charge in [-0.2, -0.15) is 4.31 Å². The predicted molar refractivity (Wildman–Crippen MR) is 114 cm³/mol. The summed E-state index contributed by atoms with van der Waals surface area (Å²) < 4.78 is 27.2. The number of benzene rings is 1. The van der Waals surface area contributed by atoms with Gasteiger partial charge in [0.2, 0.25) is 15.9 Å². The molecule has 0 atom stereocenters. The minimum Gasteiger partial charge on any atom is -0.371 e. The first-order chi connectivity index (χ1) is 13.7. The molecule has 0 aliphatic carbocycles. The van der Waals surface area contributed by atoms with Crippen LogP contribution in [-0.4, -0.2) is 63.3 Å². The maximum atomic E-state index is 12.9. The molecule has 8 nitrogen and oxygen atoms in total. The Morgan fingerprint density at radius 2 is 1.76 bits per heavy atom. The number of nitrogens with one attached hydrogen (secondary N) is 2. The second-order valence-corrected chi connectivity index (χ2v) is 9.31. The van der Waals surface area contributed by atoms with Crippen molar-refractivity contribution in [1.29, 1.82) is 0 Å². The molecule has 2 N–H and O–H groups in total. The van der Waals surface area contributed by atoms with E-state index in [2.05, 4.69) is 15.5 Å². The number of amides is 2. The summed E-state index contributed by atoms with van der Waals surface area (Å²) in [6.07, 6.45) is 2.05. The quantitative estimate of drug-likeness (QED) is 0.627. The molecule has 9 heteroatoms. The minimum atomic E-state index is -3.69. The van der Waals surface area contributed by atoms with Crippen LogP contribution >= 0.6 is 0 Å². The Kier molecular flexibility index (Phi) is 8.04. The maximum Gasteiger partial charge on any atom is 0.253 e. The Morgan fingerprint density at radius 3 is 2.31 bits per heavy atom. The van der Waals surface area contributed by atoms with Gasteiger partial charge < -0.3 is 15.5 Å². The van der Waals surface area contributed by atoms with E-state index in [0.29, 0.717) is 18.8 Å². The molecular formula is C20H32N4O4S. The third-order valence-corrected chi connectivity index (χ3v) is 6.91. The van der Waals surface area contributed by atoms with Crippen molar-refractivity contribution in [2.24, 2.45) is 0 Å². The van der Waals surface area contributed by atoms with Crippen molar-refractivity contribution in [3.63, 3.8) is 0 Å². The van der Waals surface area contributed by atoms with E-state index in [1.165, 1.54) is 10.4 Å². The standard InChI is InChI=1S/C20H32N4O4S/c1-5-24(6-2)29(27,28)16-9-10-18(23-11-7-8-12-23)17(13-16)20(26)21-14-19(25)22-15(3)4/h9-10,13,15H,5-8,11-12,14H2,1-4H3,(H,21,26)(H,22,25). The average molecular weight is 425 g/mol. The Bertz CT molecular complexity index is 829. The summed E-state index contributed by atoms with van der Waals surface area (Å²) in [6, 6.07) is 4.66. The molecular weight excluding hydrogens is 392 g/mol. The van der Waals surface area contributed by atoms with Crippen LogP contribution in [0.5, 0.6) is 0 Å². The highest BCUT2D eigenvalue weighted by molar-refractivity contribution is 7.89. The van der Waals surface area contributed by atoms with Crippen LogP contribution in [0, 0.1) is 0 Å². The third kappa shape index (κ3) is 5.70. The van der Waals surface area contributed by atoms with Gasteiger partial charge >= 0.3 is 0 Å². The van der Waals surface area contributed by atoms with Crippen LogP contribution < -0.4 is 15.5 Å². The van der Waals surface area contributed by atoms with E-state index in [4.69, 9.17) is 0 Å². The molecule has 2 rings (SSSR count). The lowest BCUT2D eigenvalue weighted by atomic mass is 10.1. The number of carbonyl (C=O) groups is 2. The third-order valence-electron chi connectivity index (χ3n) is 4.86. The number of carbonyl (C=O) groups excluding carboxylic acids is 2. The van der Waals surface area contributed by atoms with Gasteiger partial charge in [-0.1, -0.05) is 13.8 Å². The smallest absolute Gasteiger partial charge is 0.253 e. The lowest BCUT2D eigenvalue weighted by molar-refractivity contribution is -0.120. The van der Waals surface area contributed by atoms with Gasteiger partial charge in [-0.25, -0.2) is 8.42 Å². The summed E-state index contributed by atoms with van der Waals surface area (Å²) in [5, 5.41) is 5.34. The zero-order chi connectivity index (χ0) is 21.6. The van der Waals surface area contributed by atoms with E-state index in [1.807, 2.05) is 13.8 Å². The molecule has 1 fully saturated rings. The molecule has 162 valence electrons. The van der Waals surface area contributed by atoms with Crippen LogP contribution in [0.1, 0.15) is 50.9 Å². The summed E-state index contributed by atoms with van der Waals surface area (Å²) >= 11 is 0. The molecule has 0 spiro atoms. The highest BCUT2D eigenvalue weighted by Crippen LogP contribution is 2.28. The molecule has 1 saturated heterocycles. The highest BCUT2D eigenvalue weighted by Gasteiger charge is 2.26. The Hall–Kier alpha value is -2.13. The van der Waals surface area contributed by atoms with Gasteiger partial charge in [-0.05, 0) is 44.9 Å². The SMILES string of the molecule is CCN(CC)S(=O)(=O)c1ccc(N2CCCC2)c(C(=O)NCC(=O)NC(C)C)c1. The first kappa shape index (κ1) is 23.2. The van der Waals surface area contributed by atoms with Crippen molar-refractivity contribution in [1.82, 2.24) is 14.9 Å². The van der Waals surface area contributed by atoms with Crippen molar-refractivity contribution < 1.29 is 18.0 Å². The molecule has 1 aromatic rings. The van der Waals surface area contributed by atoms with Gasteiger partial charge in [-0.15, -0.1) is 0 Å². The maximum absolute atomic E-state index is 12.9. The van der Waals surface area contributed by atoms with Crippen molar-refractivity contribution in [3.05, 3.63) is 23.8 Å². The first-order valence-corrected chi connectivity index (χ1v) is 11.6. The summed E-state index contributed by atoms with van der Waals surface area (Å²) in [6.45, 7) is 9.41. The van der Waals surface area contributed by atoms with Crippen LogP contribution in [-0.2, 0) is 14.8 Å². The lowest BCUT2D eigenvalue weighted by Crippen LogP contribution is -2.40. The molecule has 29 heavy (non-hydrogen) atoms. The zero-order valence-electron chi connectivity index (χ0n) is 17.7. The van der Waals surface area contributed by atoms with E-state index >= 15 is 0 Å². The Morgan fingerprint density at radius 1 is 1.14 bits per heavy atom. The van der Waals surface area contributed by atoms with E-state index in [-0.39, 0.29) is 29.0 Å². The number of sulfonamides is 1. The van der Waals surface area contributed by atoms with Gasteiger partial charge in [0.25, 0.3) is 5.91 Å². The summed E-state index contributed by atoms with van der Waals surface area (Å²) in [5.74, 6) is -0.745. The molecule has 0 saturated carbocycles. The highest BCUT2D eigenvalue weighted by atomic mass is 32.2. The van der Waals surface area contributed by atoms with Crippen LogP contribution in [0.2, 0.25) is 0 Å². The van der Waals surface area contributed by atoms with Crippen molar-refractivity contribution in [2.45, 2.75) is 51.5 Å². The van der Waals surface area contributed by atoms with Gasteiger partial charge in [0, 0.05) is 37.9 Å². The lowest BCUT2D eigenvalue weighted by Gasteiger charge is -2.23. The zero-order valence-corrected chi connectivity index (χ0v) is 18.5. The first-order valence-electron chi connectivity index (χ1n) is 10.2.